The molecule has 0 aliphatic carbocycles. The van der Waals surface area contributed by atoms with Crippen LogP contribution in [0.15, 0.2) is 36.4 Å². The molecule has 0 radical (unpaired) electrons. The van der Waals surface area contributed by atoms with E-state index in [9.17, 15) is 9.59 Å². The minimum absolute atomic E-state index is 0.294. The first-order valence-corrected chi connectivity index (χ1v) is 6.35. The van der Waals surface area contributed by atoms with Gasteiger partial charge in [0, 0.05) is 5.69 Å². The standard InChI is InChI=1S/C16H14N2O2/c1-9-7-10(2)14(8-13(9)17)18-15(19)11-5-3-4-6-12(11)16(18)20/h3-8H,17H2,1-2H3. The first-order chi connectivity index (χ1) is 9.50. The Balaban J connectivity index is 2.17. The second kappa shape index (κ2) is 4.20. The largest absolute Gasteiger partial charge is 0.398 e. The predicted octanol–water partition coefficient (Wildman–Crippen LogP) is 2.69. The van der Waals surface area contributed by atoms with Crippen molar-refractivity contribution in [2.45, 2.75) is 13.8 Å². The molecule has 1 heterocycles. The highest BCUT2D eigenvalue weighted by atomic mass is 16.2. The molecule has 4 heteroatoms. The Bertz CT molecular complexity index is 715. The second-order valence-corrected chi connectivity index (χ2v) is 4.99. The lowest BCUT2D eigenvalue weighted by Gasteiger charge is -2.18. The Hall–Kier alpha value is -2.62. The number of aryl methyl sites for hydroxylation is 2. The highest BCUT2D eigenvalue weighted by Crippen LogP contribution is 2.32. The molecule has 2 aromatic rings. The summed E-state index contributed by atoms with van der Waals surface area (Å²) in [6.45, 7) is 3.76. The van der Waals surface area contributed by atoms with Crippen LogP contribution in [0, 0.1) is 13.8 Å². The van der Waals surface area contributed by atoms with Gasteiger partial charge in [-0.25, -0.2) is 4.90 Å². The number of rotatable bonds is 1. The van der Waals surface area contributed by atoms with Crippen LogP contribution in [-0.4, -0.2) is 11.8 Å². The third-order valence-electron chi connectivity index (χ3n) is 3.62. The number of hydrogen-bond acceptors (Lipinski definition) is 3. The number of imide groups is 1. The summed E-state index contributed by atoms with van der Waals surface area (Å²) in [6, 6.07) is 10.4. The molecule has 1 aliphatic heterocycles. The number of anilines is 2. The van der Waals surface area contributed by atoms with Crippen LogP contribution in [-0.2, 0) is 0 Å². The van der Waals surface area contributed by atoms with Crippen LogP contribution in [0.4, 0.5) is 11.4 Å². The number of carbonyl (C=O) groups excluding carboxylic acids is 2. The summed E-state index contributed by atoms with van der Waals surface area (Å²) in [5.41, 5.74) is 9.70. The molecular weight excluding hydrogens is 252 g/mol. The Morgan fingerprint density at radius 1 is 0.900 bits per heavy atom. The average molecular weight is 266 g/mol. The number of nitrogen functional groups attached to an aromatic ring is 1. The van der Waals surface area contributed by atoms with Crippen LogP contribution in [0.5, 0.6) is 0 Å². The normalized spacial score (nSPS) is 13.8. The number of amides is 2. The van der Waals surface area contributed by atoms with Crippen molar-refractivity contribution >= 4 is 23.2 Å². The van der Waals surface area contributed by atoms with Crippen LogP contribution in [0.2, 0.25) is 0 Å². The minimum atomic E-state index is -0.294. The monoisotopic (exact) mass is 266 g/mol. The fourth-order valence-corrected chi connectivity index (χ4v) is 2.51. The van der Waals surface area contributed by atoms with Gasteiger partial charge < -0.3 is 5.73 Å². The number of nitrogens with two attached hydrogens (primary N) is 1. The molecule has 0 spiro atoms. The number of nitrogens with zero attached hydrogens (tertiary/aromatic N) is 1. The molecule has 0 saturated carbocycles. The Labute approximate surface area is 116 Å². The van der Waals surface area contributed by atoms with Gasteiger partial charge in [0.15, 0.2) is 0 Å². The lowest BCUT2D eigenvalue weighted by Crippen LogP contribution is -2.30. The molecular formula is C16H14N2O2. The number of fused-ring (bicyclic) bond motifs is 1. The third kappa shape index (κ3) is 1.61. The molecule has 0 unspecified atom stereocenters. The summed E-state index contributed by atoms with van der Waals surface area (Å²) >= 11 is 0. The summed E-state index contributed by atoms with van der Waals surface area (Å²) in [6.07, 6.45) is 0. The third-order valence-corrected chi connectivity index (χ3v) is 3.62. The number of hydrogen-bond donors (Lipinski definition) is 1. The molecule has 4 nitrogen and oxygen atoms in total. The summed E-state index contributed by atoms with van der Waals surface area (Å²) in [5.74, 6) is -0.589. The maximum absolute atomic E-state index is 12.4. The van der Waals surface area contributed by atoms with E-state index in [4.69, 9.17) is 5.73 Å². The van der Waals surface area contributed by atoms with Gasteiger partial charge in [-0.05, 0) is 43.2 Å². The van der Waals surface area contributed by atoms with Gasteiger partial charge in [-0.1, -0.05) is 18.2 Å². The molecule has 20 heavy (non-hydrogen) atoms. The van der Waals surface area contributed by atoms with E-state index in [-0.39, 0.29) is 11.8 Å². The molecule has 100 valence electrons. The van der Waals surface area contributed by atoms with Gasteiger partial charge in [-0.15, -0.1) is 0 Å². The molecule has 0 bridgehead atoms. The molecule has 2 aromatic carbocycles. The van der Waals surface area contributed by atoms with Gasteiger partial charge >= 0.3 is 0 Å². The smallest absolute Gasteiger partial charge is 0.266 e. The van der Waals surface area contributed by atoms with Gasteiger partial charge in [0.2, 0.25) is 0 Å². The number of carbonyl (C=O) groups is 2. The topological polar surface area (TPSA) is 63.4 Å². The van der Waals surface area contributed by atoms with Gasteiger partial charge in [0.05, 0.1) is 16.8 Å². The average Bonchev–Trinajstić information content (AvgIpc) is 2.68. The van der Waals surface area contributed by atoms with Crippen LogP contribution in [0.3, 0.4) is 0 Å². The van der Waals surface area contributed by atoms with Crippen molar-refractivity contribution in [3.05, 3.63) is 58.7 Å². The highest BCUT2D eigenvalue weighted by Gasteiger charge is 2.37. The van der Waals surface area contributed by atoms with Crippen LogP contribution in [0.1, 0.15) is 31.8 Å². The maximum Gasteiger partial charge on any atom is 0.266 e. The van der Waals surface area contributed by atoms with E-state index in [1.165, 1.54) is 4.90 Å². The van der Waals surface area contributed by atoms with Gasteiger partial charge in [-0.2, -0.15) is 0 Å². The van der Waals surface area contributed by atoms with E-state index >= 15 is 0 Å². The Kier molecular flexibility index (Phi) is 2.61. The lowest BCUT2D eigenvalue weighted by molar-refractivity contribution is 0.0926. The van der Waals surface area contributed by atoms with E-state index in [0.29, 0.717) is 22.5 Å². The SMILES string of the molecule is Cc1cc(C)c(N2C(=O)c3ccccc3C2=O)cc1N. The van der Waals surface area contributed by atoms with Crippen molar-refractivity contribution in [2.24, 2.45) is 0 Å². The van der Waals surface area contributed by atoms with Crippen molar-refractivity contribution < 1.29 is 9.59 Å². The maximum atomic E-state index is 12.4. The van der Waals surface area contributed by atoms with Gasteiger partial charge in [0.1, 0.15) is 0 Å². The fourth-order valence-electron chi connectivity index (χ4n) is 2.51. The predicted molar refractivity (Wildman–Crippen MR) is 77.9 cm³/mol. The zero-order valence-electron chi connectivity index (χ0n) is 11.3. The fraction of sp³-hybridized carbons (Fsp3) is 0.125. The van der Waals surface area contributed by atoms with Crippen LogP contribution >= 0.6 is 0 Å². The van der Waals surface area contributed by atoms with Gasteiger partial charge in [-0.3, -0.25) is 9.59 Å². The van der Waals surface area contributed by atoms with Crippen LogP contribution < -0.4 is 10.6 Å². The molecule has 0 aromatic heterocycles. The summed E-state index contributed by atoms with van der Waals surface area (Å²) < 4.78 is 0. The Morgan fingerprint density at radius 3 is 2.00 bits per heavy atom. The zero-order valence-corrected chi connectivity index (χ0v) is 11.3. The second-order valence-electron chi connectivity index (χ2n) is 4.99. The van der Waals surface area contributed by atoms with Crippen molar-refractivity contribution in [1.82, 2.24) is 0 Å². The van der Waals surface area contributed by atoms with Crippen molar-refractivity contribution in [1.29, 1.82) is 0 Å². The lowest BCUT2D eigenvalue weighted by atomic mass is 10.1. The van der Waals surface area contributed by atoms with Gasteiger partial charge in [0.25, 0.3) is 11.8 Å². The molecule has 1 aliphatic rings. The van der Waals surface area contributed by atoms with E-state index in [0.717, 1.165) is 11.1 Å². The molecule has 2 amide bonds. The zero-order chi connectivity index (χ0) is 14.4. The summed E-state index contributed by atoms with van der Waals surface area (Å²) in [5, 5.41) is 0. The van der Waals surface area contributed by atoms with E-state index < -0.39 is 0 Å². The van der Waals surface area contributed by atoms with E-state index in [1.54, 1.807) is 30.3 Å². The molecule has 2 N–H and O–H groups in total. The number of benzene rings is 2. The quantitative estimate of drug-likeness (QED) is 0.637. The van der Waals surface area contributed by atoms with Crippen LogP contribution in [0.25, 0.3) is 0 Å². The van der Waals surface area contributed by atoms with Crippen molar-refractivity contribution in [3.63, 3.8) is 0 Å². The summed E-state index contributed by atoms with van der Waals surface area (Å²) in [4.78, 5) is 26.0. The molecule has 0 fully saturated rings. The molecule has 0 saturated heterocycles. The molecule has 0 atom stereocenters. The first-order valence-electron chi connectivity index (χ1n) is 6.35. The Morgan fingerprint density at radius 2 is 1.45 bits per heavy atom. The van der Waals surface area contributed by atoms with Crippen molar-refractivity contribution in [3.8, 4) is 0 Å². The minimum Gasteiger partial charge on any atom is -0.398 e. The summed E-state index contributed by atoms with van der Waals surface area (Å²) in [7, 11) is 0. The van der Waals surface area contributed by atoms with E-state index in [1.807, 2.05) is 19.9 Å². The van der Waals surface area contributed by atoms with Crippen molar-refractivity contribution in [2.75, 3.05) is 10.6 Å². The molecule has 3 rings (SSSR count). The van der Waals surface area contributed by atoms with E-state index in [2.05, 4.69) is 0 Å². The first kappa shape index (κ1) is 12.4. The highest BCUT2D eigenvalue weighted by molar-refractivity contribution is 6.34.